The van der Waals surface area contributed by atoms with E-state index in [1.54, 1.807) is 0 Å². The minimum atomic E-state index is 0.927. The molecule has 0 aliphatic carbocycles. The lowest BCUT2D eigenvalue weighted by molar-refractivity contribution is 1.15. The SMILES string of the molecule is CCc1cccc2c1n[c]n2Cl. The van der Waals surface area contributed by atoms with Gasteiger partial charge in [0.2, 0.25) is 0 Å². The molecule has 3 heteroatoms. The summed E-state index contributed by atoms with van der Waals surface area (Å²) in [6, 6.07) is 5.97. The summed E-state index contributed by atoms with van der Waals surface area (Å²) in [5.41, 5.74) is 3.09. The van der Waals surface area contributed by atoms with E-state index in [4.69, 9.17) is 11.8 Å². The Bertz CT molecular complexity index is 406. The third-order valence-corrected chi connectivity index (χ3v) is 2.20. The lowest BCUT2D eigenvalue weighted by atomic mass is 10.1. The summed E-state index contributed by atoms with van der Waals surface area (Å²) >= 11 is 5.80. The van der Waals surface area contributed by atoms with Crippen molar-refractivity contribution >= 4 is 22.8 Å². The summed E-state index contributed by atoms with van der Waals surface area (Å²) in [6.45, 7) is 2.10. The van der Waals surface area contributed by atoms with Crippen molar-refractivity contribution in [2.45, 2.75) is 13.3 Å². The number of imidazole rings is 1. The van der Waals surface area contributed by atoms with E-state index in [2.05, 4.69) is 24.3 Å². The monoisotopic (exact) mass is 179 g/mol. The third-order valence-electron chi connectivity index (χ3n) is 1.94. The molecule has 0 atom stereocenters. The molecule has 1 aromatic carbocycles. The van der Waals surface area contributed by atoms with Crippen molar-refractivity contribution in [3.05, 3.63) is 30.1 Å². The fraction of sp³-hybridized carbons (Fsp3) is 0.222. The minimum absolute atomic E-state index is 0.927. The predicted octanol–water partition coefficient (Wildman–Crippen LogP) is 2.40. The van der Waals surface area contributed by atoms with Gasteiger partial charge in [-0.2, -0.15) is 0 Å². The molecule has 0 aliphatic heterocycles. The van der Waals surface area contributed by atoms with Crippen molar-refractivity contribution in [1.29, 1.82) is 0 Å². The fourth-order valence-electron chi connectivity index (χ4n) is 1.30. The Morgan fingerprint density at radius 2 is 2.42 bits per heavy atom. The zero-order valence-corrected chi connectivity index (χ0v) is 7.47. The average molecular weight is 180 g/mol. The largest absolute Gasteiger partial charge is 0.231 e. The van der Waals surface area contributed by atoms with Gasteiger partial charge in [-0.15, -0.1) is 0 Å². The molecule has 0 bridgehead atoms. The highest BCUT2D eigenvalue weighted by Crippen LogP contribution is 2.17. The maximum absolute atomic E-state index is 5.80. The zero-order chi connectivity index (χ0) is 8.55. The molecule has 2 rings (SSSR count). The first-order chi connectivity index (χ1) is 5.83. The van der Waals surface area contributed by atoms with Crippen LogP contribution in [-0.2, 0) is 6.42 Å². The van der Waals surface area contributed by atoms with E-state index in [9.17, 15) is 0 Å². The van der Waals surface area contributed by atoms with Crippen LogP contribution in [0.5, 0.6) is 0 Å². The number of para-hydroxylation sites is 1. The molecule has 1 aromatic heterocycles. The molecule has 1 heterocycles. The lowest BCUT2D eigenvalue weighted by Crippen LogP contribution is -1.82. The van der Waals surface area contributed by atoms with Crippen molar-refractivity contribution in [3.63, 3.8) is 0 Å². The van der Waals surface area contributed by atoms with Crippen LogP contribution in [0, 0.1) is 6.33 Å². The van der Waals surface area contributed by atoms with Crippen LogP contribution in [0.15, 0.2) is 18.2 Å². The fourth-order valence-corrected chi connectivity index (χ4v) is 1.47. The second-order valence-corrected chi connectivity index (χ2v) is 2.97. The van der Waals surface area contributed by atoms with E-state index in [0.29, 0.717) is 0 Å². The molecule has 2 nitrogen and oxygen atoms in total. The van der Waals surface area contributed by atoms with Gasteiger partial charge in [0.15, 0.2) is 6.33 Å². The number of aryl methyl sites for hydroxylation is 1. The summed E-state index contributed by atoms with van der Waals surface area (Å²) in [4.78, 5) is 4.10. The second-order valence-electron chi connectivity index (χ2n) is 2.63. The maximum atomic E-state index is 5.80. The minimum Gasteiger partial charge on any atom is -0.231 e. The number of benzene rings is 1. The van der Waals surface area contributed by atoms with Crippen LogP contribution < -0.4 is 0 Å². The average Bonchev–Trinajstić information content (AvgIpc) is 2.48. The van der Waals surface area contributed by atoms with Crippen LogP contribution >= 0.6 is 11.8 Å². The highest BCUT2D eigenvalue weighted by atomic mass is 35.5. The van der Waals surface area contributed by atoms with Gasteiger partial charge in [-0.25, -0.2) is 9.07 Å². The topological polar surface area (TPSA) is 17.8 Å². The normalized spacial score (nSPS) is 10.8. The van der Waals surface area contributed by atoms with Crippen LogP contribution in [0.4, 0.5) is 0 Å². The van der Waals surface area contributed by atoms with E-state index in [-0.39, 0.29) is 0 Å². The van der Waals surface area contributed by atoms with E-state index in [1.807, 2.05) is 12.1 Å². The molecule has 0 spiro atoms. The number of nitrogens with zero attached hydrogens (tertiary/aromatic N) is 2. The number of rotatable bonds is 1. The Labute approximate surface area is 75.9 Å². The van der Waals surface area contributed by atoms with E-state index in [0.717, 1.165) is 17.5 Å². The van der Waals surface area contributed by atoms with Gasteiger partial charge in [0.25, 0.3) is 0 Å². The number of fused-ring (bicyclic) bond motifs is 1. The Kier molecular flexibility index (Phi) is 1.77. The Hall–Kier alpha value is -1.02. The number of halogens is 1. The molecule has 0 fully saturated rings. The van der Waals surface area contributed by atoms with Gasteiger partial charge in [-0.1, -0.05) is 19.1 Å². The number of aromatic nitrogens is 2. The molecule has 0 N–H and O–H groups in total. The number of hydrogen-bond donors (Lipinski definition) is 0. The van der Waals surface area contributed by atoms with Crippen LogP contribution in [0.25, 0.3) is 11.0 Å². The van der Waals surface area contributed by atoms with Crippen LogP contribution in [0.1, 0.15) is 12.5 Å². The lowest BCUT2D eigenvalue weighted by Gasteiger charge is -1.96. The predicted molar refractivity (Wildman–Crippen MR) is 49.2 cm³/mol. The number of hydrogen-bond acceptors (Lipinski definition) is 1. The van der Waals surface area contributed by atoms with Crippen molar-refractivity contribution in [2.75, 3.05) is 0 Å². The Morgan fingerprint density at radius 1 is 1.58 bits per heavy atom. The van der Waals surface area contributed by atoms with Gasteiger partial charge >= 0.3 is 0 Å². The second kappa shape index (κ2) is 2.79. The summed E-state index contributed by atoms with van der Waals surface area (Å²) in [6.07, 6.45) is 3.65. The van der Waals surface area contributed by atoms with E-state index in [1.165, 1.54) is 9.65 Å². The molecule has 61 valence electrons. The quantitative estimate of drug-likeness (QED) is 0.658. The van der Waals surface area contributed by atoms with Crippen LogP contribution in [-0.4, -0.2) is 9.07 Å². The Balaban J connectivity index is 2.81. The van der Waals surface area contributed by atoms with E-state index >= 15 is 0 Å². The van der Waals surface area contributed by atoms with Gasteiger partial charge in [0, 0.05) is 11.8 Å². The molecular weight excluding hydrogens is 172 g/mol. The van der Waals surface area contributed by atoms with E-state index < -0.39 is 0 Å². The molecule has 2 aromatic rings. The summed E-state index contributed by atoms with van der Waals surface area (Å²) in [7, 11) is 0. The first-order valence-electron chi connectivity index (χ1n) is 3.87. The standard InChI is InChI=1S/C9H8ClN2/c1-2-7-4-3-5-8-9(7)11-6-12(8)10/h3-5H,2H2,1H3. The van der Waals surface area contributed by atoms with Gasteiger partial charge in [0.1, 0.15) is 0 Å². The first kappa shape index (κ1) is 7.62. The molecule has 12 heavy (non-hydrogen) atoms. The van der Waals surface area contributed by atoms with Gasteiger partial charge in [-0.3, -0.25) is 0 Å². The molecule has 0 saturated heterocycles. The summed E-state index contributed by atoms with van der Waals surface area (Å²) in [5, 5.41) is 0. The van der Waals surface area contributed by atoms with Gasteiger partial charge in [-0.05, 0) is 18.1 Å². The molecule has 1 radical (unpaired) electrons. The summed E-state index contributed by atoms with van der Waals surface area (Å²) in [5.74, 6) is 0. The van der Waals surface area contributed by atoms with Crippen molar-refractivity contribution < 1.29 is 0 Å². The maximum Gasteiger partial charge on any atom is 0.193 e. The molecule has 0 amide bonds. The van der Waals surface area contributed by atoms with Crippen molar-refractivity contribution in [2.24, 2.45) is 0 Å². The Morgan fingerprint density at radius 3 is 3.17 bits per heavy atom. The highest BCUT2D eigenvalue weighted by Gasteiger charge is 2.03. The third kappa shape index (κ3) is 0.994. The smallest absolute Gasteiger partial charge is 0.193 e. The molecular formula is C9H8ClN2. The first-order valence-corrected chi connectivity index (χ1v) is 4.21. The van der Waals surface area contributed by atoms with Gasteiger partial charge in [0.05, 0.1) is 11.0 Å². The van der Waals surface area contributed by atoms with Gasteiger partial charge < -0.3 is 0 Å². The molecule has 0 saturated carbocycles. The zero-order valence-electron chi connectivity index (χ0n) is 6.71. The van der Waals surface area contributed by atoms with Crippen molar-refractivity contribution in [1.82, 2.24) is 9.07 Å². The summed E-state index contributed by atoms with van der Waals surface area (Å²) < 4.78 is 1.40. The molecule has 0 aliphatic rings. The highest BCUT2D eigenvalue weighted by molar-refractivity contribution is 6.18. The van der Waals surface area contributed by atoms with Crippen LogP contribution in [0.2, 0.25) is 0 Å². The van der Waals surface area contributed by atoms with Crippen molar-refractivity contribution in [3.8, 4) is 0 Å². The van der Waals surface area contributed by atoms with Crippen LogP contribution in [0.3, 0.4) is 0 Å². The molecule has 0 unspecified atom stereocenters.